The van der Waals surface area contributed by atoms with Crippen molar-refractivity contribution in [3.63, 3.8) is 0 Å². The first-order chi connectivity index (χ1) is 29.4. The van der Waals surface area contributed by atoms with Crippen LogP contribution >= 0.6 is 11.8 Å². The second-order valence-electron chi connectivity index (χ2n) is 15.4. The number of aliphatic hydroxyl groups excluding tert-OH is 2. The average molecular weight is 837 g/mol. The molecule has 318 valence electrons. The van der Waals surface area contributed by atoms with E-state index in [4.69, 9.17) is 33.7 Å². The molecule has 2 aliphatic carbocycles. The highest BCUT2D eigenvalue weighted by atomic mass is 32.2. The number of carbonyl (C=O) groups is 1. The predicted octanol–water partition coefficient (Wildman–Crippen LogP) is 9.91. The summed E-state index contributed by atoms with van der Waals surface area (Å²) < 4.78 is 31.2. The molecular weight excluding hydrogens is 781 g/mol. The third kappa shape index (κ3) is 9.17. The molecule has 4 aromatic rings. The van der Waals surface area contributed by atoms with Gasteiger partial charge in [0, 0.05) is 42.1 Å². The largest absolute Gasteiger partial charge is 0.497 e. The number of unbranched alkanes of at least 4 members (excludes halogenated alkanes) is 2. The standard InChI is InChI=1S/C48H56N2O9S/c1-5-25-56-48-44(60-36-20-17-31-13-7-8-14-32(31)26-36)30-41(50-57-6-2)38-27-33(15-9-11-23-51)37(16-10-12-24-52)45(46(38)48)39-28-35(19-22-42(39)59-48)58-47(53)49-40-21-18-34(54-3)29-43(40)55-4/h5,7-8,13-14,17-22,26-29,33,37,44-46,51-52H,1,6,9-12,15-16,23-25,30H2,2-4H3,(H,49,53). The van der Waals surface area contributed by atoms with Gasteiger partial charge in [-0.25, -0.2) is 4.79 Å². The smallest absolute Gasteiger partial charge is 0.417 e. The summed E-state index contributed by atoms with van der Waals surface area (Å²) >= 11 is 1.72. The molecule has 12 heteroatoms. The van der Waals surface area contributed by atoms with E-state index < -0.39 is 11.9 Å². The zero-order valence-corrected chi connectivity index (χ0v) is 35.5. The van der Waals surface area contributed by atoms with E-state index >= 15 is 0 Å². The SMILES string of the molecule is C=CCOC12Oc3ccc(OC(=O)Nc4ccc(OC)cc4OC)cc3C3C(CCCCO)C(CCCCO)C=C(C(=NOCC)CC1Sc1ccc4ccccc4c1)C32. The van der Waals surface area contributed by atoms with Crippen LogP contribution in [0.25, 0.3) is 10.8 Å². The maximum absolute atomic E-state index is 13.5. The van der Waals surface area contributed by atoms with E-state index in [0.717, 1.165) is 58.2 Å². The van der Waals surface area contributed by atoms with Gasteiger partial charge in [0.1, 0.15) is 29.6 Å². The Balaban J connectivity index is 1.35. The van der Waals surface area contributed by atoms with Crippen LogP contribution < -0.4 is 24.3 Å². The van der Waals surface area contributed by atoms with Crippen LogP contribution in [-0.2, 0) is 9.57 Å². The van der Waals surface area contributed by atoms with Gasteiger partial charge in [-0.3, -0.25) is 5.32 Å². The first-order valence-corrected chi connectivity index (χ1v) is 21.8. The molecule has 1 heterocycles. The van der Waals surface area contributed by atoms with Crippen molar-refractivity contribution in [1.29, 1.82) is 0 Å². The monoisotopic (exact) mass is 836 g/mol. The van der Waals surface area contributed by atoms with Gasteiger partial charge < -0.3 is 38.7 Å². The number of nitrogens with zero attached hydrogens (tertiary/aromatic N) is 1. The number of hydrogen-bond donors (Lipinski definition) is 3. The molecule has 1 saturated carbocycles. The molecule has 4 aromatic carbocycles. The van der Waals surface area contributed by atoms with E-state index in [2.05, 4.69) is 54.4 Å². The third-order valence-electron chi connectivity index (χ3n) is 11.8. The molecule has 11 nitrogen and oxygen atoms in total. The molecule has 1 aliphatic heterocycles. The van der Waals surface area contributed by atoms with Gasteiger partial charge in [-0.2, -0.15) is 0 Å². The van der Waals surface area contributed by atoms with E-state index in [1.54, 1.807) is 49.2 Å². The molecule has 0 bridgehead atoms. The molecule has 0 radical (unpaired) electrons. The molecule has 60 heavy (non-hydrogen) atoms. The summed E-state index contributed by atoms with van der Waals surface area (Å²) in [5, 5.41) is 29.4. The van der Waals surface area contributed by atoms with Gasteiger partial charge in [-0.1, -0.05) is 60.5 Å². The molecular formula is C48H56N2O9S. The summed E-state index contributed by atoms with van der Waals surface area (Å²) in [5.41, 5.74) is 3.23. The number of thioether (sulfide) groups is 1. The van der Waals surface area contributed by atoms with Crippen LogP contribution in [0.15, 0.2) is 113 Å². The summed E-state index contributed by atoms with van der Waals surface area (Å²) in [5.74, 6) is 0.561. The van der Waals surface area contributed by atoms with Crippen molar-refractivity contribution in [2.24, 2.45) is 22.9 Å². The van der Waals surface area contributed by atoms with Crippen molar-refractivity contribution < 1.29 is 43.5 Å². The van der Waals surface area contributed by atoms with Gasteiger partial charge in [0.2, 0.25) is 5.79 Å². The quantitative estimate of drug-likeness (QED) is 0.0476. The van der Waals surface area contributed by atoms with Crippen molar-refractivity contribution >= 4 is 40.0 Å². The van der Waals surface area contributed by atoms with Crippen molar-refractivity contribution in [3.8, 4) is 23.0 Å². The average Bonchev–Trinajstić information content (AvgIpc) is 3.26. The lowest BCUT2D eigenvalue weighted by Crippen LogP contribution is -2.64. The molecule has 0 spiro atoms. The van der Waals surface area contributed by atoms with Crippen LogP contribution in [0.1, 0.15) is 63.4 Å². The fourth-order valence-electron chi connectivity index (χ4n) is 9.18. The molecule has 1 fully saturated rings. The molecule has 3 aliphatic rings. The lowest BCUT2D eigenvalue weighted by atomic mass is 9.56. The Morgan fingerprint density at radius 3 is 2.48 bits per heavy atom. The van der Waals surface area contributed by atoms with Gasteiger partial charge in [-0.05, 0) is 103 Å². The second-order valence-corrected chi connectivity index (χ2v) is 16.6. The van der Waals surface area contributed by atoms with Crippen LogP contribution in [-0.4, -0.2) is 73.7 Å². The number of oxime groups is 1. The number of amides is 1. The molecule has 7 rings (SSSR count). The number of rotatable bonds is 19. The number of ether oxygens (including phenoxy) is 5. The zero-order chi connectivity index (χ0) is 42.1. The molecule has 1 amide bonds. The van der Waals surface area contributed by atoms with Crippen LogP contribution in [0.3, 0.4) is 0 Å². The Kier molecular flexibility index (Phi) is 14.4. The van der Waals surface area contributed by atoms with Crippen molar-refractivity contribution in [3.05, 3.63) is 109 Å². The highest BCUT2D eigenvalue weighted by Crippen LogP contribution is 2.63. The van der Waals surface area contributed by atoms with Gasteiger partial charge in [0.25, 0.3) is 0 Å². The number of allylic oxidation sites excluding steroid dienone is 1. The summed E-state index contributed by atoms with van der Waals surface area (Å²) in [4.78, 5) is 20.4. The summed E-state index contributed by atoms with van der Waals surface area (Å²) in [6.07, 6.45) is 8.68. The van der Waals surface area contributed by atoms with E-state index in [0.29, 0.717) is 54.6 Å². The lowest BCUT2D eigenvalue weighted by Gasteiger charge is -2.58. The highest BCUT2D eigenvalue weighted by Gasteiger charge is 2.64. The molecule has 3 N–H and O–H groups in total. The number of fused-ring (bicyclic) bond motifs is 3. The van der Waals surface area contributed by atoms with Crippen molar-refractivity contribution in [2.75, 3.05) is 46.0 Å². The molecule has 0 aromatic heterocycles. The van der Waals surface area contributed by atoms with Crippen molar-refractivity contribution in [1.82, 2.24) is 0 Å². The Hall–Kier alpha value is -5.01. The fraction of sp³-hybridized carbons (Fsp3) is 0.417. The van der Waals surface area contributed by atoms with Crippen LogP contribution in [0.2, 0.25) is 0 Å². The van der Waals surface area contributed by atoms with E-state index in [1.165, 1.54) is 7.11 Å². The number of carbonyl (C=O) groups excluding carboxylic acids is 1. The number of aliphatic hydroxyl groups is 2. The highest BCUT2D eigenvalue weighted by molar-refractivity contribution is 8.00. The molecule has 6 unspecified atom stereocenters. The fourth-order valence-corrected chi connectivity index (χ4v) is 10.5. The minimum Gasteiger partial charge on any atom is -0.497 e. The predicted molar refractivity (Wildman–Crippen MR) is 236 cm³/mol. The van der Waals surface area contributed by atoms with Crippen molar-refractivity contribution in [2.45, 2.75) is 73.7 Å². The number of benzene rings is 4. The Bertz CT molecular complexity index is 2190. The number of nitrogens with one attached hydrogen (secondary N) is 1. The Morgan fingerprint density at radius 1 is 0.950 bits per heavy atom. The van der Waals surface area contributed by atoms with Gasteiger partial charge in [0.05, 0.1) is 43.4 Å². The topological polar surface area (TPSA) is 137 Å². The molecule has 6 atom stereocenters. The Morgan fingerprint density at radius 2 is 1.73 bits per heavy atom. The first kappa shape index (κ1) is 43.1. The van der Waals surface area contributed by atoms with E-state index in [9.17, 15) is 15.0 Å². The minimum absolute atomic E-state index is 0.0868. The first-order valence-electron chi connectivity index (χ1n) is 20.9. The summed E-state index contributed by atoms with van der Waals surface area (Å²) in [6, 6.07) is 25.5. The number of anilines is 1. The van der Waals surface area contributed by atoms with Gasteiger partial charge >= 0.3 is 6.09 Å². The maximum Gasteiger partial charge on any atom is 0.417 e. The lowest BCUT2D eigenvalue weighted by molar-refractivity contribution is -0.223. The minimum atomic E-state index is -1.16. The van der Waals surface area contributed by atoms with Gasteiger partial charge in [0.15, 0.2) is 0 Å². The third-order valence-corrected chi connectivity index (χ3v) is 13.1. The summed E-state index contributed by atoms with van der Waals surface area (Å²) in [7, 11) is 3.09. The normalized spacial score (nSPS) is 23.4. The maximum atomic E-state index is 13.5. The summed E-state index contributed by atoms with van der Waals surface area (Å²) in [6.45, 7) is 6.87. The van der Waals surface area contributed by atoms with Gasteiger partial charge in [-0.15, -0.1) is 18.3 Å². The second kappa shape index (κ2) is 20.0. The van der Waals surface area contributed by atoms with E-state index in [1.807, 2.05) is 25.1 Å². The zero-order valence-electron chi connectivity index (χ0n) is 34.6. The number of hydrogen-bond acceptors (Lipinski definition) is 11. The number of methoxy groups -OCH3 is 2. The van der Waals surface area contributed by atoms with E-state index in [-0.39, 0.29) is 48.7 Å². The van der Waals surface area contributed by atoms with Crippen LogP contribution in [0.4, 0.5) is 10.5 Å². The van der Waals surface area contributed by atoms with Crippen LogP contribution in [0, 0.1) is 17.8 Å². The molecule has 0 saturated heterocycles. The Labute approximate surface area is 356 Å². The van der Waals surface area contributed by atoms with Crippen LogP contribution in [0.5, 0.6) is 23.0 Å².